The Labute approximate surface area is 293 Å². The van der Waals surface area contributed by atoms with E-state index in [1.165, 1.54) is 28.7 Å². The highest BCUT2D eigenvalue weighted by molar-refractivity contribution is 5.48. The molecule has 0 radical (unpaired) electrons. The molecule has 4 N–H and O–H groups in total. The van der Waals surface area contributed by atoms with Crippen LogP contribution in [0.25, 0.3) is 0 Å². The molecule has 0 heterocycles. The van der Waals surface area contributed by atoms with Crippen molar-refractivity contribution in [3.63, 3.8) is 0 Å². The number of hydrogen-bond donors (Lipinski definition) is 4. The summed E-state index contributed by atoms with van der Waals surface area (Å²) >= 11 is 0. The Bertz CT molecular complexity index is 1630. The molecular formula is C45H56O4. The summed E-state index contributed by atoms with van der Waals surface area (Å²) in [4.78, 5) is 0. The molecule has 0 spiro atoms. The minimum absolute atomic E-state index is 0.169. The SMILES string of the molecule is CC1CC(C)(C)CC(c2ccc(O)cc2)(c2ccc(O)c(C3CCCCCCC(c4ccc(O)cc4)(c4ccc(O)cc4)CCCC3)c2)C1. The van der Waals surface area contributed by atoms with E-state index in [-0.39, 0.29) is 33.7 Å². The molecule has 2 fully saturated rings. The molecule has 4 heteroatoms. The third kappa shape index (κ3) is 7.64. The Balaban J connectivity index is 1.32. The minimum Gasteiger partial charge on any atom is -0.508 e. The standard InChI is InChI=1S/C45H56O4/c1-32-29-43(2,3)31-45(30-32,36-16-23-40(48)24-17-36)37-18-25-42(49)41(28-37)33-10-6-4-5-8-26-44(27-9-7-11-33,34-12-19-38(46)20-13-34)35-14-21-39(47)22-15-35/h12-25,28,32-33,46-49H,4-11,26-27,29-31H2,1-3H3. The molecule has 0 aromatic heterocycles. The first-order valence-electron chi connectivity index (χ1n) is 18.7. The van der Waals surface area contributed by atoms with Gasteiger partial charge in [0.25, 0.3) is 0 Å². The second kappa shape index (κ2) is 14.5. The van der Waals surface area contributed by atoms with Crippen LogP contribution in [0.5, 0.6) is 23.0 Å². The minimum atomic E-state index is -0.195. The molecule has 49 heavy (non-hydrogen) atoms. The summed E-state index contributed by atoms with van der Waals surface area (Å²) in [7, 11) is 0. The van der Waals surface area contributed by atoms with Crippen LogP contribution in [0, 0.1) is 11.3 Å². The molecular weight excluding hydrogens is 604 g/mol. The van der Waals surface area contributed by atoms with Gasteiger partial charge in [0.05, 0.1) is 0 Å². The van der Waals surface area contributed by atoms with E-state index in [0.29, 0.717) is 17.4 Å². The van der Waals surface area contributed by atoms with Gasteiger partial charge in [-0.05, 0) is 132 Å². The number of phenolic OH excluding ortho intramolecular Hbond substituents is 4. The van der Waals surface area contributed by atoms with Gasteiger partial charge in [0.15, 0.2) is 0 Å². The van der Waals surface area contributed by atoms with Gasteiger partial charge in [0.1, 0.15) is 23.0 Å². The average Bonchev–Trinajstić information content (AvgIpc) is 3.06. The van der Waals surface area contributed by atoms with Crippen molar-refractivity contribution in [2.45, 2.75) is 121 Å². The van der Waals surface area contributed by atoms with Crippen molar-refractivity contribution in [3.8, 4) is 23.0 Å². The van der Waals surface area contributed by atoms with E-state index in [1.807, 2.05) is 18.2 Å². The first kappa shape index (κ1) is 34.9. The van der Waals surface area contributed by atoms with Crippen LogP contribution in [-0.2, 0) is 10.8 Å². The predicted molar refractivity (Wildman–Crippen MR) is 200 cm³/mol. The topological polar surface area (TPSA) is 80.9 Å². The smallest absolute Gasteiger partial charge is 0.119 e. The zero-order chi connectivity index (χ0) is 34.6. The fraction of sp³-hybridized carbons (Fsp3) is 0.467. The van der Waals surface area contributed by atoms with Gasteiger partial charge in [-0.1, -0.05) is 108 Å². The van der Waals surface area contributed by atoms with Gasteiger partial charge >= 0.3 is 0 Å². The molecule has 3 atom stereocenters. The van der Waals surface area contributed by atoms with Crippen molar-refractivity contribution in [1.29, 1.82) is 0 Å². The second-order valence-electron chi connectivity index (χ2n) is 16.3. The molecule has 0 saturated heterocycles. The van der Waals surface area contributed by atoms with E-state index in [9.17, 15) is 20.4 Å². The number of hydrogen-bond acceptors (Lipinski definition) is 4. The molecule has 4 nitrogen and oxygen atoms in total. The quantitative estimate of drug-likeness (QED) is 0.172. The zero-order valence-corrected chi connectivity index (χ0v) is 29.8. The molecule has 2 aliphatic carbocycles. The fourth-order valence-corrected chi connectivity index (χ4v) is 10.0. The summed E-state index contributed by atoms with van der Waals surface area (Å²) in [5.41, 5.74) is 5.86. The van der Waals surface area contributed by atoms with Crippen LogP contribution in [0.3, 0.4) is 0 Å². The van der Waals surface area contributed by atoms with E-state index >= 15 is 0 Å². The Morgan fingerprint density at radius 2 is 0.959 bits per heavy atom. The maximum Gasteiger partial charge on any atom is 0.119 e. The van der Waals surface area contributed by atoms with Crippen LogP contribution in [0.15, 0.2) is 91.0 Å². The Morgan fingerprint density at radius 3 is 1.49 bits per heavy atom. The molecule has 0 aliphatic heterocycles. The summed E-state index contributed by atoms with van der Waals surface area (Å²) in [6.45, 7) is 7.16. The molecule has 260 valence electrons. The molecule has 4 aromatic carbocycles. The molecule has 0 amide bonds. The summed E-state index contributed by atoms with van der Waals surface area (Å²) in [6, 6.07) is 29.9. The van der Waals surface area contributed by atoms with Crippen molar-refractivity contribution < 1.29 is 20.4 Å². The lowest BCUT2D eigenvalue weighted by Gasteiger charge is -2.49. The summed E-state index contributed by atoms with van der Waals surface area (Å²) < 4.78 is 0. The summed E-state index contributed by atoms with van der Waals surface area (Å²) in [5.74, 6) is 2.09. The maximum atomic E-state index is 11.5. The van der Waals surface area contributed by atoms with Crippen LogP contribution in [0.2, 0.25) is 0 Å². The van der Waals surface area contributed by atoms with Gasteiger partial charge in [-0.2, -0.15) is 0 Å². The Hall–Kier alpha value is -3.92. The maximum absolute atomic E-state index is 11.5. The molecule has 3 unspecified atom stereocenters. The molecule has 2 saturated carbocycles. The van der Waals surface area contributed by atoms with E-state index < -0.39 is 0 Å². The van der Waals surface area contributed by atoms with Crippen LogP contribution in [0.4, 0.5) is 0 Å². The summed E-state index contributed by atoms with van der Waals surface area (Å²) in [6.07, 6.45) is 14.0. The van der Waals surface area contributed by atoms with Crippen molar-refractivity contribution in [1.82, 2.24) is 0 Å². The highest BCUT2D eigenvalue weighted by atomic mass is 16.3. The van der Waals surface area contributed by atoms with Crippen LogP contribution < -0.4 is 0 Å². The predicted octanol–water partition coefficient (Wildman–Crippen LogP) is 11.6. The third-order valence-corrected chi connectivity index (χ3v) is 12.0. The van der Waals surface area contributed by atoms with Gasteiger partial charge in [0, 0.05) is 10.8 Å². The Kier molecular flexibility index (Phi) is 10.3. The number of aromatic hydroxyl groups is 4. The lowest BCUT2D eigenvalue weighted by molar-refractivity contribution is 0.126. The van der Waals surface area contributed by atoms with Crippen molar-refractivity contribution >= 4 is 0 Å². The molecule has 6 rings (SSSR count). The first-order valence-corrected chi connectivity index (χ1v) is 18.7. The second-order valence-corrected chi connectivity index (χ2v) is 16.3. The van der Waals surface area contributed by atoms with Gasteiger partial charge in [0.2, 0.25) is 0 Å². The molecule has 2 aliphatic rings. The Morgan fingerprint density at radius 1 is 0.510 bits per heavy atom. The summed E-state index contributed by atoms with van der Waals surface area (Å²) in [5, 5.41) is 41.9. The molecule has 0 bridgehead atoms. The van der Waals surface area contributed by atoms with E-state index in [0.717, 1.165) is 82.6 Å². The van der Waals surface area contributed by atoms with Gasteiger partial charge in [-0.25, -0.2) is 0 Å². The zero-order valence-electron chi connectivity index (χ0n) is 29.8. The average molecular weight is 661 g/mol. The van der Waals surface area contributed by atoms with Gasteiger partial charge in [-0.3, -0.25) is 0 Å². The highest BCUT2D eigenvalue weighted by Gasteiger charge is 2.45. The number of phenols is 4. The molecule has 4 aromatic rings. The van der Waals surface area contributed by atoms with Crippen LogP contribution in [-0.4, -0.2) is 20.4 Å². The normalized spacial score (nSPS) is 24.7. The van der Waals surface area contributed by atoms with Crippen LogP contribution >= 0.6 is 0 Å². The van der Waals surface area contributed by atoms with E-state index in [1.54, 1.807) is 24.3 Å². The highest BCUT2D eigenvalue weighted by Crippen LogP contribution is 2.54. The first-order chi connectivity index (χ1) is 23.5. The van der Waals surface area contributed by atoms with E-state index in [2.05, 4.69) is 69.3 Å². The van der Waals surface area contributed by atoms with Gasteiger partial charge in [-0.15, -0.1) is 0 Å². The van der Waals surface area contributed by atoms with Crippen LogP contribution in [0.1, 0.15) is 138 Å². The van der Waals surface area contributed by atoms with E-state index in [4.69, 9.17) is 0 Å². The van der Waals surface area contributed by atoms with Crippen molar-refractivity contribution in [2.75, 3.05) is 0 Å². The van der Waals surface area contributed by atoms with Crippen molar-refractivity contribution in [2.24, 2.45) is 11.3 Å². The lowest BCUT2D eigenvalue weighted by Crippen LogP contribution is -2.41. The van der Waals surface area contributed by atoms with Gasteiger partial charge < -0.3 is 20.4 Å². The third-order valence-electron chi connectivity index (χ3n) is 12.0. The van der Waals surface area contributed by atoms with Crippen molar-refractivity contribution in [3.05, 3.63) is 119 Å². The number of rotatable bonds is 5. The monoisotopic (exact) mass is 660 g/mol. The number of benzene rings is 4. The largest absolute Gasteiger partial charge is 0.508 e. The fourth-order valence-electron chi connectivity index (χ4n) is 10.0. The lowest BCUT2D eigenvalue weighted by atomic mass is 9.55.